The van der Waals surface area contributed by atoms with Crippen LogP contribution in [0.15, 0.2) is 47.9 Å². The van der Waals surface area contributed by atoms with Crippen molar-refractivity contribution in [2.45, 2.75) is 39.8 Å². The Kier molecular flexibility index (Phi) is 6.53. The quantitative estimate of drug-likeness (QED) is 0.716. The molecular weight excluding hydrogens is 274 g/mol. The molecule has 2 rings (SSSR count). The number of rotatable bonds is 8. The van der Waals surface area contributed by atoms with Crippen LogP contribution in [0.3, 0.4) is 0 Å². The van der Waals surface area contributed by atoms with E-state index < -0.39 is 0 Å². The molecule has 0 saturated heterocycles. The summed E-state index contributed by atoms with van der Waals surface area (Å²) in [5.41, 5.74) is 2.54. The summed E-state index contributed by atoms with van der Waals surface area (Å²) in [6, 6.07) is 8.64. The molecule has 1 aromatic rings. The first kappa shape index (κ1) is 16.6. The van der Waals surface area contributed by atoms with Crippen molar-refractivity contribution in [3.05, 3.63) is 59.1 Å². The van der Waals surface area contributed by atoms with Crippen LogP contribution in [-0.2, 0) is 22.6 Å². The number of hydrogen-bond donors (Lipinski definition) is 0. The fourth-order valence-corrected chi connectivity index (χ4v) is 2.64. The summed E-state index contributed by atoms with van der Waals surface area (Å²) in [6.45, 7) is 8.12. The minimum absolute atomic E-state index is 0.582. The minimum Gasteiger partial charge on any atom is -0.497 e. The van der Waals surface area contributed by atoms with E-state index >= 15 is 0 Å². The summed E-state index contributed by atoms with van der Waals surface area (Å²) in [4.78, 5) is 2.41. The zero-order valence-corrected chi connectivity index (χ0v) is 14.0. The van der Waals surface area contributed by atoms with Gasteiger partial charge in [-0.3, -0.25) is 4.90 Å². The van der Waals surface area contributed by atoms with E-state index in [0.717, 1.165) is 44.0 Å². The molecule has 0 radical (unpaired) electrons. The maximum Gasteiger partial charge on any atom is 0.157 e. The van der Waals surface area contributed by atoms with Crippen molar-refractivity contribution in [1.29, 1.82) is 0 Å². The van der Waals surface area contributed by atoms with E-state index in [2.05, 4.69) is 49.1 Å². The fourth-order valence-electron chi connectivity index (χ4n) is 2.64. The van der Waals surface area contributed by atoms with E-state index in [1.54, 1.807) is 7.11 Å². The van der Waals surface area contributed by atoms with E-state index in [1.165, 1.54) is 11.1 Å². The normalized spacial score (nSPS) is 14.5. The number of allylic oxidation sites excluding steroid dienone is 3. The van der Waals surface area contributed by atoms with Gasteiger partial charge in [-0.2, -0.15) is 0 Å². The summed E-state index contributed by atoms with van der Waals surface area (Å²) < 4.78 is 11.3. The van der Waals surface area contributed by atoms with Crippen LogP contribution in [0.1, 0.15) is 37.8 Å². The Morgan fingerprint density at radius 1 is 1.14 bits per heavy atom. The molecule has 1 aliphatic rings. The van der Waals surface area contributed by atoms with Crippen molar-refractivity contribution >= 4 is 0 Å². The highest BCUT2D eigenvalue weighted by atomic mass is 16.5. The first-order valence-electron chi connectivity index (χ1n) is 8.13. The molecule has 0 amide bonds. The maximum atomic E-state index is 5.94. The second-order valence-electron chi connectivity index (χ2n) is 5.50. The number of benzene rings is 1. The molecule has 0 atom stereocenters. The van der Waals surface area contributed by atoms with Gasteiger partial charge in [0.25, 0.3) is 0 Å². The van der Waals surface area contributed by atoms with Crippen molar-refractivity contribution in [2.75, 3.05) is 20.2 Å². The number of hydrogen-bond acceptors (Lipinski definition) is 3. The second-order valence-corrected chi connectivity index (χ2v) is 5.50. The molecule has 0 heterocycles. The topological polar surface area (TPSA) is 21.7 Å². The average Bonchev–Trinajstić information content (AvgIpc) is 2.58. The van der Waals surface area contributed by atoms with Gasteiger partial charge < -0.3 is 9.47 Å². The maximum absolute atomic E-state index is 5.94. The SMILES string of the molecule is CCN(CC)Cc1cccc(COC2=C(OC)CCC=C2)c1. The summed E-state index contributed by atoms with van der Waals surface area (Å²) >= 11 is 0. The molecule has 0 unspecified atom stereocenters. The van der Waals surface area contributed by atoms with Crippen molar-refractivity contribution in [3.63, 3.8) is 0 Å². The highest BCUT2D eigenvalue weighted by Crippen LogP contribution is 2.21. The predicted molar refractivity (Wildman–Crippen MR) is 90.3 cm³/mol. The molecule has 3 nitrogen and oxygen atoms in total. The van der Waals surface area contributed by atoms with Gasteiger partial charge in [-0.05, 0) is 36.7 Å². The van der Waals surface area contributed by atoms with Gasteiger partial charge in [0.1, 0.15) is 12.4 Å². The van der Waals surface area contributed by atoms with Crippen molar-refractivity contribution in [1.82, 2.24) is 4.90 Å². The molecule has 0 bridgehead atoms. The average molecular weight is 301 g/mol. The lowest BCUT2D eigenvalue weighted by molar-refractivity contribution is 0.170. The molecule has 120 valence electrons. The summed E-state index contributed by atoms with van der Waals surface area (Å²) in [7, 11) is 1.71. The van der Waals surface area contributed by atoms with E-state index in [-0.39, 0.29) is 0 Å². The Balaban J connectivity index is 1.98. The second kappa shape index (κ2) is 8.64. The Morgan fingerprint density at radius 3 is 2.64 bits per heavy atom. The van der Waals surface area contributed by atoms with Crippen LogP contribution in [0, 0.1) is 0 Å². The van der Waals surface area contributed by atoms with Gasteiger partial charge in [-0.15, -0.1) is 0 Å². The highest BCUT2D eigenvalue weighted by molar-refractivity contribution is 5.25. The van der Waals surface area contributed by atoms with Crippen LogP contribution < -0.4 is 0 Å². The Bertz CT molecular complexity index is 530. The first-order valence-corrected chi connectivity index (χ1v) is 8.13. The lowest BCUT2D eigenvalue weighted by atomic mass is 10.1. The molecule has 3 heteroatoms. The van der Waals surface area contributed by atoms with E-state index in [9.17, 15) is 0 Å². The van der Waals surface area contributed by atoms with Crippen LogP contribution in [0.4, 0.5) is 0 Å². The number of ether oxygens (including phenoxy) is 2. The van der Waals surface area contributed by atoms with Gasteiger partial charge in [-0.25, -0.2) is 0 Å². The summed E-state index contributed by atoms with van der Waals surface area (Å²) in [5, 5.41) is 0. The van der Waals surface area contributed by atoms with E-state index in [1.807, 2.05) is 6.08 Å². The highest BCUT2D eigenvalue weighted by Gasteiger charge is 2.10. The van der Waals surface area contributed by atoms with Gasteiger partial charge in [-0.1, -0.05) is 44.2 Å². The first-order chi connectivity index (χ1) is 10.8. The molecule has 0 fully saturated rings. The van der Waals surface area contributed by atoms with Crippen molar-refractivity contribution in [3.8, 4) is 0 Å². The Labute approximate surface area is 134 Å². The van der Waals surface area contributed by atoms with Gasteiger partial charge >= 0.3 is 0 Å². The lowest BCUT2D eigenvalue weighted by Gasteiger charge is -2.19. The monoisotopic (exact) mass is 301 g/mol. The van der Waals surface area contributed by atoms with Gasteiger partial charge in [0.05, 0.1) is 7.11 Å². The van der Waals surface area contributed by atoms with Gasteiger partial charge in [0, 0.05) is 13.0 Å². The standard InChI is InChI=1S/C19H27NO2/c1-4-20(5-2)14-16-9-8-10-17(13-16)15-22-19-12-7-6-11-18(19)21-3/h7-10,12-13H,4-6,11,14-15H2,1-3H3. The molecule has 1 aromatic carbocycles. The van der Waals surface area contributed by atoms with E-state index in [4.69, 9.17) is 9.47 Å². The van der Waals surface area contributed by atoms with Crippen LogP contribution in [-0.4, -0.2) is 25.1 Å². The van der Waals surface area contributed by atoms with Gasteiger partial charge in [0.15, 0.2) is 5.76 Å². The summed E-state index contributed by atoms with van der Waals surface area (Å²) in [5.74, 6) is 1.81. The molecular formula is C19H27NO2. The van der Waals surface area contributed by atoms with Crippen LogP contribution in [0.5, 0.6) is 0 Å². The number of methoxy groups -OCH3 is 1. The zero-order chi connectivity index (χ0) is 15.8. The summed E-state index contributed by atoms with van der Waals surface area (Å²) in [6.07, 6.45) is 6.09. The van der Waals surface area contributed by atoms with E-state index in [0.29, 0.717) is 6.61 Å². The zero-order valence-electron chi connectivity index (χ0n) is 14.0. The molecule has 0 spiro atoms. The minimum atomic E-state index is 0.582. The number of nitrogens with zero attached hydrogens (tertiary/aromatic N) is 1. The fraction of sp³-hybridized carbons (Fsp3) is 0.474. The predicted octanol–water partition coefficient (Wildman–Crippen LogP) is 4.25. The largest absolute Gasteiger partial charge is 0.497 e. The van der Waals surface area contributed by atoms with Crippen molar-refractivity contribution in [2.24, 2.45) is 0 Å². The third kappa shape index (κ3) is 4.63. The third-order valence-corrected chi connectivity index (χ3v) is 4.01. The Morgan fingerprint density at radius 2 is 1.91 bits per heavy atom. The molecule has 0 N–H and O–H groups in total. The van der Waals surface area contributed by atoms with Crippen molar-refractivity contribution < 1.29 is 9.47 Å². The smallest absolute Gasteiger partial charge is 0.157 e. The molecule has 22 heavy (non-hydrogen) atoms. The third-order valence-electron chi connectivity index (χ3n) is 4.01. The van der Waals surface area contributed by atoms with Crippen LogP contribution in [0.2, 0.25) is 0 Å². The Hall–Kier alpha value is -1.74. The molecule has 1 aliphatic carbocycles. The molecule has 0 saturated carbocycles. The molecule has 0 aromatic heterocycles. The lowest BCUT2D eigenvalue weighted by Crippen LogP contribution is -2.22. The van der Waals surface area contributed by atoms with Crippen LogP contribution in [0.25, 0.3) is 0 Å². The molecule has 0 aliphatic heterocycles. The van der Waals surface area contributed by atoms with Gasteiger partial charge in [0.2, 0.25) is 0 Å². The van der Waals surface area contributed by atoms with Crippen LogP contribution >= 0.6 is 0 Å².